The molecule has 2 rings (SSSR count). The number of rotatable bonds is 4. The van der Waals surface area contributed by atoms with Crippen molar-refractivity contribution < 1.29 is 8.99 Å². The van der Waals surface area contributed by atoms with E-state index < -0.39 is 8.32 Å². The molecule has 0 radical (unpaired) electrons. The van der Waals surface area contributed by atoms with Crippen molar-refractivity contribution in [2.75, 3.05) is 0 Å². The van der Waals surface area contributed by atoms with Gasteiger partial charge in [0.2, 0.25) is 0 Å². The first kappa shape index (κ1) is 14.0. The number of aromatic nitrogens is 1. The Morgan fingerprint density at radius 3 is 2.05 bits per heavy atom. The van der Waals surface area contributed by atoms with Gasteiger partial charge >= 0.3 is 0 Å². The Bertz CT molecular complexity index is 517. The Labute approximate surface area is 116 Å². The highest BCUT2D eigenvalue weighted by Crippen LogP contribution is 2.19. The number of hydrogen-bond donors (Lipinski definition) is 0. The average molecular weight is 272 g/mol. The highest BCUT2D eigenvalue weighted by molar-refractivity contribution is 6.69. The molecule has 0 bridgehead atoms. The molecule has 0 aliphatic heterocycles. The van der Waals surface area contributed by atoms with Crippen LogP contribution in [0.15, 0.2) is 54.9 Å². The summed E-state index contributed by atoms with van der Waals surface area (Å²) in [5, 5.41) is 0. The number of benzene rings is 1. The molecule has 1 unspecified atom stereocenters. The molecule has 100 valence electrons. The second kappa shape index (κ2) is 5.68. The second-order valence-electron chi connectivity index (χ2n) is 5.82. The molecule has 3 heteroatoms. The lowest BCUT2D eigenvalue weighted by Gasteiger charge is -2.22. The van der Waals surface area contributed by atoms with Gasteiger partial charge in [-0.15, -0.1) is 0 Å². The Morgan fingerprint density at radius 1 is 0.947 bits per heavy atom. The summed E-state index contributed by atoms with van der Waals surface area (Å²) in [7, 11) is -1.62. The van der Waals surface area contributed by atoms with E-state index in [4.69, 9.17) is 4.43 Å². The Hall–Kier alpha value is -1.45. The summed E-state index contributed by atoms with van der Waals surface area (Å²) >= 11 is 0. The van der Waals surface area contributed by atoms with Crippen molar-refractivity contribution in [3.8, 4) is 0 Å². The molecule has 0 fully saturated rings. The van der Waals surface area contributed by atoms with Crippen molar-refractivity contribution in [1.82, 2.24) is 0 Å². The van der Waals surface area contributed by atoms with Crippen molar-refractivity contribution in [2.24, 2.45) is 0 Å². The third-order valence-corrected chi connectivity index (χ3v) is 3.77. The summed E-state index contributed by atoms with van der Waals surface area (Å²) < 4.78 is 8.48. The van der Waals surface area contributed by atoms with Crippen LogP contribution in [0, 0.1) is 6.92 Å². The van der Waals surface area contributed by atoms with Crippen molar-refractivity contribution in [3.63, 3.8) is 0 Å². The minimum atomic E-state index is -1.62. The highest BCUT2D eigenvalue weighted by atomic mass is 28.4. The van der Waals surface area contributed by atoms with Gasteiger partial charge in [-0.25, -0.2) is 0 Å². The maximum Gasteiger partial charge on any atom is 0.280 e. The number of nitrogens with zero attached hydrogens (tertiary/aromatic N) is 1. The van der Waals surface area contributed by atoms with E-state index in [0.717, 1.165) is 0 Å². The molecule has 1 heterocycles. The van der Waals surface area contributed by atoms with E-state index in [9.17, 15) is 0 Å². The van der Waals surface area contributed by atoms with E-state index in [-0.39, 0.29) is 6.23 Å². The summed E-state index contributed by atoms with van der Waals surface area (Å²) in [6.07, 6.45) is 4.09. The smallest absolute Gasteiger partial charge is 0.280 e. The van der Waals surface area contributed by atoms with Gasteiger partial charge in [0.05, 0.1) is 0 Å². The van der Waals surface area contributed by atoms with Crippen LogP contribution in [-0.2, 0) is 4.43 Å². The van der Waals surface area contributed by atoms with Crippen LogP contribution in [0.5, 0.6) is 0 Å². The Kier molecular flexibility index (Phi) is 4.17. The summed E-state index contributed by atoms with van der Waals surface area (Å²) in [5.74, 6) is 0. The number of pyridine rings is 1. The lowest BCUT2D eigenvalue weighted by molar-refractivity contribution is -0.745. The fraction of sp³-hybridized carbons (Fsp3) is 0.312. The molecule has 0 amide bonds. The average Bonchev–Trinajstić information content (AvgIpc) is 2.37. The first-order chi connectivity index (χ1) is 8.96. The first-order valence-corrected chi connectivity index (χ1v) is 10.1. The number of aryl methyl sites for hydroxylation is 1. The zero-order valence-corrected chi connectivity index (χ0v) is 13.1. The molecule has 0 aliphatic carbocycles. The van der Waals surface area contributed by atoms with E-state index in [0.29, 0.717) is 0 Å². The van der Waals surface area contributed by atoms with E-state index in [1.54, 1.807) is 0 Å². The molecule has 1 atom stereocenters. The van der Waals surface area contributed by atoms with Gasteiger partial charge in [0, 0.05) is 17.7 Å². The van der Waals surface area contributed by atoms with Crippen LogP contribution in [0.2, 0.25) is 19.6 Å². The van der Waals surface area contributed by atoms with Crippen molar-refractivity contribution in [2.45, 2.75) is 32.8 Å². The topological polar surface area (TPSA) is 13.1 Å². The lowest BCUT2D eigenvalue weighted by Crippen LogP contribution is -2.45. The van der Waals surface area contributed by atoms with E-state index in [2.05, 4.69) is 67.8 Å². The van der Waals surface area contributed by atoms with Crippen LogP contribution in [-0.4, -0.2) is 8.32 Å². The molecule has 0 saturated carbocycles. The fourth-order valence-corrected chi connectivity index (χ4v) is 2.86. The minimum absolute atomic E-state index is 0.0338. The van der Waals surface area contributed by atoms with Gasteiger partial charge in [0.25, 0.3) is 6.23 Å². The van der Waals surface area contributed by atoms with Gasteiger partial charge < -0.3 is 4.43 Å². The van der Waals surface area contributed by atoms with Gasteiger partial charge in [-0.3, -0.25) is 0 Å². The molecular formula is C16H22NOSi+. The SMILES string of the molecule is Cc1ccc(C(O[Si](C)(C)C)[n+]2ccccc2)cc1. The van der Waals surface area contributed by atoms with Crippen molar-refractivity contribution in [1.29, 1.82) is 0 Å². The van der Waals surface area contributed by atoms with Crippen LogP contribution in [0.4, 0.5) is 0 Å². The van der Waals surface area contributed by atoms with E-state index in [1.165, 1.54) is 11.1 Å². The zero-order valence-electron chi connectivity index (χ0n) is 12.1. The van der Waals surface area contributed by atoms with Gasteiger partial charge in [0.15, 0.2) is 20.7 Å². The van der Waals surface area contributed by atoms with Gasteiger partial charge in [-0.2, -0.15) is 4.57 Å². The maximum absolute atomic E-state index is 6.35. The van der Waals surface area contributed by atoms with Gasteiger partial charge in [-0.05, 0) is 38.7 Å². The minimum Gasteiger partial charge on any atom is -0.360 e. The zero-order chi connectivity index (χ0) is 13.9. The molecule has 19 heavy (non-hydrogen) atoms. The van der Waals surface area contributed by atoms with Crippen molar-refractivity contribution >= 4 is 8.32 Å². The van der Waals surface area contributed by atoms with Gasteiger partial charge in [0.1, 0.15) is 0 Å². The van der Waals surface area contributed by atoms with Gasteiger partial charge in [-0.1, -0.05) is 23.8 Å². The summed E-state index contributed by atoms with van der Waals surface area (Å²) in [6.45, 7) is 8.76. The van der Waals surface area contributed by atoms with Crippen molar-refractivity contribution in [3.05, 3.63) is 66.0 Å². The Balaban J connectivity index is 2.37. The van der Waals surface area contributed by atoms with E-state index >= 15 is 0 Å². The largest absolute Gasteiger partial charge is 0.360 e. The highest BCUT2D eigenvalue weighted by Gasteiger charge is 2.28. The molecule has 1 aromatic heterocycles. The monoisotopic (exact) mass is 272 g/mol. The predicted octanol–water partition coefficient (Wildman–Crippen LogP) is 3.68. The van der Waals surface area contributed by atoms with Crippen LogP contribution >= 0.6 is 0 Å². The summed E-state index contributed by atoms with van der Waals surface area (Å²) in [6, 6.07) is 14.7. The normalized spacial score (nSPS) is 13.3. The third-order valence-electron chi connectivity index (χ3n) is 2.84. The molecule has 2 nitrogen and oxygen atoms in total. The van der Waals surface area contributed by atoms with Crippen LogP contribution < -0.4 is 4.57 Å². The quantitative estimate of drug-likeness (QED) is 0.611. The van der Waals surface area contributed by atoms with Crippen LogP contribution in [0.1, 0.15) is 17.4 Å². The molecule has 0 spiro atoms. The summed E-state index contributed by atoms with van der Waals surface area (Å²) in [5.41, 5.74) is 2.47. The first-order valence-electron chi connectivity index (χ1n) is 6.66. The fourth-order valence-electron chi connectivity index (χ4n) is 1.94. The third kappa shape index (κ3) is 4.01. The molecule has 0 N–H and O–H groups in total. The molecule has 0 saturated heterocycles. The molecule has 1 aromatic carbocycles. The molecular weight excluding hydrogens is 250 g/mol. The predicted molar refractivity (Wildman–Crippen MR) is 80.4 cm³/mol. The molecule has 2 aromatic rings. The van der Waals surface area contributed by atoms with Crippen LogP contribution in [0.25, 0.3) is 0 Å². The molecule has 0 aliphatic rings. The lowest BCUT2D eigenvalue weighted by atomic mass is 10.1. The summed E-state index contributed by atoms with van der Waals surface area (Å²) in [4.78, 5) is 0. The second-order valence-corrected chi connectivity index (χ2v) is 10.3. The van der Waals surface area contributed by atoms with Crippen LogP contribution in [0.3, 0.4) is 0 Å². The standard InChI is InChI=1S/C16H22NOSi/c1-14-8-10-15(11-9-14)16(18-19(2,3)4)17-12-6-5-7-13-17/h5-13,16H,1-4H3/q+1. The number of hydrogen-bond acceptors (Lipinski definition) is 1. The maximum atomic E-state index is 6.35. The Morgan fingerprint density at radius 2 is 1.53 bits per heavy atom. The van der Waals surface area contributed by atoms with E-state index in [1.807, 2.05) is 18.2 Å².